The van der Waals surface area contributed by atoms with Gasteiger partial charge in [-0.3, -0.25) is 9.69 Å². The van der Waals surface area contributed by atoms with Gasteiger partial charge in [0, 0.05) is 25.2 Å². The SMILES string of the molecule is CC(=O)c1ccc2c(c1)CN(CCC1=CCCCC1)C2. The van der Waals surface area contributed by atoms with Crippen LogP contribution in [-0.4, -0.2) is 17.2 Å². The number of hydrogen-bond acceptors (Lipinski definition) is 2. The molecule has 1 aliphatic carbocycles. The van der Waals surface area contributed by atoms with Gasteiger partial charge in [-0.15, -0.1) is 0 Å². The van der Waals surface area contributed by atoms with Crippen molar-refractivity contribution in [3.05, 3.63) is 46.5 Å². The Morgan fingerprint density at radius 1 is 1.20 bits per heavy atom. The van der Waals surface area contributed by atoms with E-state index in [0.717, 1.165) is 25.2 Å². The fourth-order valence-electron chi connectivity index (χ4n) is 3.28. The van der Waals surface area contributed by atoms with Crippen LogP contribution in [0.4, 0.5) is 0 Å². The fraction of sp³-hybridized carbons (Fsp3) is 0.500. The topological polar surface area (TPSA) is 20.3 Å². The summed E-state index contributed by atoms with van der Waals surface area (Å²) in [5, 5.41) is 0. The highest BCUT2D eigenvalue weighted by atomic mass is 16.1. The van der Waals surface area contributed by atoms with Gasteiger partial charge < -0.3 is 0 Å². The van der Waals surface area contributed by atoms with E-state index in [4.69, 9.17) is 0 Å². The van der Waals surface area contributed by atoms with Gasteiger partial charge in [0.05, 0.1) is 0 Å². The van der Waals surface area contributed by atoms with E-state index in [1.165, 1.54) is 43.2 Å². The lowest BCUT2D eigenvalue weighted by molar-refractivity contribution is 0.101. The summed E-state index contributed by atoms with van der Waals surface area (Å²) in [7, 11) is 0. The molecule has 0 atom stereocenters. The van der Waals surface area contributed by atoms with Crippen LogP contribution in [0.25, 0.3) is 0 Å². The predicted molar refractivity (Wildman–Crippen MR) is 81.7 cm³/mol. The molecule has 0 bridgehead atoms. The molecule has 2 nitrogen and oxygen atoms in total. The van der Waals surface area contributed by atoms with E-state index >= 15 is 0 Å². The van der Waals surface area contributed by atoms with Gasteiger partial charge in [0.2, 0.25) is 0 Å². The molecule has 2 aliphatic rings. The highest BCUT2D eigenvalue weighted by molar-refractivity contribution is 5.94. The maximum atomic E-state index is 11.4. The number of hydrogen-bond donors (Lipinski definition) is 0. The molecule has 0 N–H and O–H groups in total. The number of allylic oxidation sites excluding steroid dienone is 1. The van der Waals surface area contributed by atoms with Crippen LogP contribution in [0.15, 0.2) is 29.8 Å². The van der Waals surface area contributed by atoms with Crippen LogP contribution in [0.2, 0.25) is 0 Å². The standard InChI is InChI=1S/C18H23NO/c1-14(20)16-7-8-17-12-19(13-18(17)11-16)10-9-15-5-3-2-4-6-15/h5,7-8,11H,2-4,6,9-10,12-13H2,1H3. The van der Waals surface area contributed by atoms with Crippen molar-refractivity contribution in [2.24, 2.45) is 0 Å². The lowest BCUT2D eigenvalue weighted by Crippen LogP contribution is -2.18. The Hall–Kier alpha value is -1.41. The number of Topliss-reactive ketones (excluding diaryl/α,β-unsaturated/α-hetero) is 1. The Morgan fingerprint density at radius 3 is 2.80 bits per heavy atom. The van der Waals surface area contributed by atoms with Crippen molar-refractivity contribution >= 4 is 5.78 Å². The summed E-state index contributed by atoms with van der Waals surface area (Å²) in [6.07, 6.45) is 8.97. The minimum absolute atomic E-state index is 0.165. The molecule has 0 spiro atoms. The molecule has 0 fully saturated rings. The maximum absolute atomic E-state index is 11.4. The molecule has 0 unspecified atom stereocenters. The average molecular weight is 269 g/mol. The van der Waals surface area contributed by atoms with Crippen LogP contribution in [0.1, 0.15) is 60.5 Å². The highest BCUT2D eigenvalue weighted by Crippen LogP contribution is 2.26. The Labute approximate surface area is 121 Å². The summed E-state index contributed by atoms with van der Waals surface area (Å²) in [4.78, 5) is 13.9. The van der Waals surface area contributed by atoms with E-state index in [-0.39, 0.29) is 5.78 Å². The van der Waals surface area contributed by atoms with Crippen LogP contribution in [0, 0.1) is 0 Å². The Morgan fingerprint density at radius 2 is 2.05 bits per heavy atom. The van der Waals surface area contributed by atoms with Crippen molar-refractivity contribution in [3.8, 4) is 0 Å². The maximum Gasteiger partial charge on any atom is 0.159 e. The van der Waals surface area contributed by atoms with Gasteiger partial charge in [-0.2, -0.15) is 0 Å². The number of nitrogens with zero attached hydrogens (tertiary/aromatic N) is 1. The van der Waals surface area contributed by atoms with Crippen LogP contribution < -0.4 is 0 Å². The van der Waals surface area contributed by atoms with Crippen LogP contribution in [0.5, 0.6) is 0 Å². The molecule has 2 heteroatoms. The van der Waals surface area contributed by atoms with E-state index in [9.17, 15) is 4.79 Å². The molecule has 106 valence electrons. The molecule has 0 aromatic heterocycles. The largest absolute Gasteiger partial charge is 0.295 e. The lowest BCUT2D eigenvalue weighted by atomic mass is 9.97. The third-order valence-corrected chi connectivity index (χ3v) is 4.53. The van der Waals surface area contributed by atoms with Gasteiger partial charge >= 0.3 is 0 Å². The molecule has 1 aromatic carbocycles. The molecular weight excluding hydrogens is 246 g/mol. The summed E-state index contributed by atoms with van der Waals surface area (Å²) in [6.45, 7) is 4.84. The zero-order valence-corrected chi connectivity index (χ0v) is 12.3. The Bertz CT molecular complexity index is 544. The zero-order chi connectivity index (χ0) is 13.9. The van der Waals surface area contributed by atoms with Crippen molar-refractivity contribution in [1.29, 1.82) is 0 Å². The quantitative estimate of drug-likeness (QED) is 0.606. The number of ketones is 1. The number of rotatable bonds is 4. The fourth-order valence-corrected chi connectivity index (χ4v) is 3.28. The molecular formula is C18H23NO. The van der Waals surface area contributed by atoms with Crippen molar-refractivity contribution in [2.45, 2.75) is 52.1 Å². The summed E-state index contributed by atoms with van der Waals surface area (Å²) in [5.74, 6) is 0.165. The summed E-state index contributed by atoms with van der Waals surface area (Å²) >= 11 is 0. The normalized spacial score (nSPS) is 18.8. The molecule has 1 heterocycles. The van der Waals surface area contributed by atoms with Gasteiger partial charge in [0.25, 0.3) is 0 Å². The monoisotopic (exact) mass is 269 g/mol. The molecule has 1 aromatic rings. The summed E-state index contributed by atoms with van der Waals surface area (Å²) in [5.41, 5.74) is 5.24. The van der Waals surface area contributed by atoms with E-state index in [0.29, 0.717) is 0 Å². The van der Waals surface area contributed by atoms with Gasteiger partial charge in [-0.05, 0) is 56.2 Å². The number of carbonyl (C=O) groups excluding carboxylic acids is 1. The van der Waals surface area contributed by atoms with Crippen molar-refractivity contribution < 1.29 is 4.79 Å². The van der Waals surface area contributed by atoms with Crippen molar-refractivity contribution in [3.63, 3.8) is 0 Å². The Balaban J connectivity index is 1.59. The first-order valence-corrected chi connectivity index (χ1v) is 7.75. The highest BCUT2D eigenvalue weighted by Gasteiger charge is 2.19. The number of benzene rings is 1. The molecule has 20 heavy (non-hydrogen) atoms. The second-order valence-corrected chi connectivity index (χ2v) is 6.11. The summed E-state index contributed by atoms with van der Waals surface area (Å²) < 4.78 is 0. The van der Waals surface area contributed by atoms with Gasteiger partial charge in [-0.25, -0.2) is 0 Å². The number of carbonyl (C=O) groups is 1. The minimum atomic E-state index is 0.165. The molecule has 0 amide bonds. The van der Waals surface area contributed by atoms with Gasteiger partial charge in [0.15, 0.2) is 5.78 Å². The predicted octanol–water partition coefficient (Wildman–Crippen LogP) is 4.10. The zero-order valence-electron chi connectivity index (χ0n) is 12.3. The van der Waals surface area contributed by atoms with Crippen molar-refractivity contribution in [2.75, 3.05) is 6.54 Å². The second-order valence-electron chi connectivity index (χ2n) is 6.11. The molecule has 0 radical (unpaired) electrons. The first kappa shape index (κ1) is 13.6. The lowest BCUT2D eigenvalue weighted by Gasteiger charge is -2.18. The minimum Gasteiger partial charge on any atom is -0.295 e. The van der Waals surface area contributed by atoms with E-state index in [1.54, 1.807) is 12.5 Å². The van der Waals surface area contributed by atoms with E-state index in [2.05, 4.69) is 23.1 Å². The first-order valence-electron chi connectivity index (χ1n) is 7.75. The third-order valence-electron chi connectivity index (χ3n) is 4.53. The molecule has 0 saturated heterocycles. The van der Waals surface area contributed by atoms with Crippen LogP contribution in [0.3, 0.4) is 0 Å². The van der Waals surface area contributed by atoms with Gasteiger partial charge in [0.1, 0.15) is 0 Å². The van der Waals surface area contributed by atoms with Crippen molar-refractivity contribution in [1.82, 2.24) is 4.90 Å². The van der Waals surface area contributed by atoms with E-state index in [1.807, 2.05) is 6.07 Å². The smallest absolute Gasteiger partial charge is 0.159 e. The van der Waals surface area contributed by atoms with Crippen LogP contribution >= 0.6 is 0 Å². The van der Waals surface area contributed by atoms with Gasteiger partial charge in [-0.1, -0.05) is 23.8 Å². The number of fused-ring (bicyclic) bond motifs is 1. The Kier molecular flexibility index (Phi) is 4.02. The molecule has 1 aliphatic heterocycles. The second kappa shape index (κ2) is 5.92. The van der Waals surface area contributed by atoms with Crippen LogP contribution in [-0.2, 0) is 13.1 Å². The first-order chi connectivity index (χ1) is 9.72. The summed E-state index contributed by atoms with van der Waals surface area (Å²) in [6, 6.07) is 6.18. The molecule has 0 saturated carbocycles. The molecule has 3 rings (SSSR count). The van der Waals surface area contributed by atoms with E-state index < -0.39 is 0 Å². The third kappa shape index (κ3) is 3.01. The average Bonchev–Trinajstić information content (AvgIpc) is 2.88.